The third-order valence-electron chi connectivity index (χ3n) is 2.12. The SMILES string of the molecule is Cc1cc(CC(N)=O)ccc1CS(=O)(=O)O. The summed E-state index contributed by atoms with van der Waals surface area (Å²) in [4.78, 5) is 10.7. The molecule has 5 nitrogen and oxygen atoms in total. The van der Waals surface area contributed by atoms with E-state index in [1.165, 1.54) is 0 Å². The molecule has 0 aliphatic rings. The molecule has 1 aromatic carbocycles. The van der Waals surface area contributed by atoms with Crippen molar-refractivity contribution < 1.29 is 17.8 Å². The molecule has 0 aliphatic carbocycles. The van der Waals surface area contributed by atoms with Crippen molar-refractivity contribution >= 4 is 16.0 Å². The zero-order valence-electron chi connectivity index (χ0n) is 8.80. The topological polar surface area (TPSA) is 97.5 Å². The number of carbonyl (C=O) groups excluding carboxylic acids is 1. The second kappa shape index (κ2) is 4.63. The molecule has 0 aliphatic heterocycles. The zero-order chi connectivity index (χ0) is 12.3. The summed E-state index contributed by atoms with van der Waals surface area (Å²) in [5, 5.41) is 0. The highest BCUT2D eigenvalue weighted by Gasteiger charge is 2.09. The number of hydrogen-bond donors (Lipinski definition) is 2. The van der Waals surface area contributed by atoms with Crippen molar-refractivity contribution in [3.05, 3.63) is 34.9 Å². The molecule has 1 rings (SSSR count). The van der Waals surface area contributed by atoms with Crippen molar-refractivity contribution in [3.8, 4) is 0 Å². The molecule has 0 unspecified atom stereocenters. The fraction of sp³-hybridized carbons (Fsp3) is 0.300. The van der Waals surface area contributed by atoms with Gasteiger partial charge in [-0.3, -0.25) is 9.35 Å². The minimum absolute atomic E-state index is 0.118. The van der Waals surface area contributed by atoms with Crippen molar-refractivity contribution in [1.29, 1.82) is 0 Å². The maximum absolute atomic E-state index is 10.7. The summed E-state index contributed by atoms with van der Waals surface area (Å²) in [6.07, 6.45) is 0.118. The van der Waals surface area contributed by atoms with Gasteiger partial charge < -0.3 is 5.73 Å². The molecule has 16 heavy (non-hydrogen) atoms. The van der Waals surface area contributed by atoms with E-state index in [0.717, 1.165) is 5.56 Å². The monoisotopic (exact) mass is 243 g/mol. The number of benzene rings is 1. The maximum atomic E-state index is 10.7. The van der Waals surface area contributed by atoms with Gasteiger partial charge in [-0.1, -0.05) is 18.2 Å². The average Bonchev–Trinajstić information content (AvgIpc) is 2.06. The van der Waals surface area contributed by atoms with Crippen LogP contribution in [0.3, 0.4) is 0 Å². The lowest BCUT2D eigenvalue weighted by Gasteiger charge is -2.06. The minimum Gasteiger partial charge on any atom is -0.369 e. The summed E-state index contributed by atoms with van der Waals surface area (Å²) in [6, 6.07) is 4.88. The Kier molecular flexibility index (Phi) is 3.66. The van der Waals surface area contributed by atoms with E-state index in [0.29, 0.717) is 11.1 Å². The number of aryl methyl sites for hydroxylation is 1. The third-order valence-corrected chi connectivity index (χ3v) is 2.80. The lowest BCUT2D eigenvalue weighted by atomic mass is 10.0. The second-order valence-electron chi connectivity index (χ2n) is 3.63. The minimum atomic E-state index is -4.03. The average molecular weight is 243 g/mol. The first-order valence-electron chi connectivity index (χ1n) is 4.60. The first-order valence-corrected chi connectivity index (χ1v) is 6.21. The quantitative estimate of drug-likeness (QED) is 0.748. The van der Waals surface area contributed by atoms with Crippen molar-refractivity contribution in [1.82, 2.24) is 0 Å². The molecule has 1 amide bonds. The molecular formula is C10H13NO4S. The number of carbonyl (C=O) groups is 1. The van der Waals surface area contributed by atoms with Gasteiger partial charge in [0.05, 0.1) is 6.42 Å². The van der Waals surface area contributed by atoms with Crippen LogP contribution in [0.2, 0.25) is 0 Å². The molecule has 0 aromatic heterocycles. The highest BCUT2D eigenvalue weighted by molar-refractivity contribution is 7.85. The van der Waals surface area contributed by atoms with Crippen LogP contribution in [0, 0.1) is 6.92 Å². The van der Waals surface area contributed by atoms with Gasteiger partial charge in [-0.25, -0.2) is 0 Å². The van der Waals surface area contributed by atoms with E-state index in [9.17, 15) is 13.2 Å². The molecule has 6 heteroatoms. The van der Waals surface area contributed by atoms with Gasteiger partial charge in [-0.2, -0.15) is 8.42 Å². The largest absolute Gasteiger partial charge is 0.369 e. The van der Waals surface area contributed by atoms with E-state index in [4.69, 9.17) is 10.3 Å². The van der Waals surface area contributed by atoms with Crippen LogP contribution >= 0.6 is 0 Å². The first-order chi connectivity index (χ1) is 7.28. The van der Waals surface area contributed by atoms with E-state index in [2.05, 4.69) is 0 Å². The third kappa shape index (κ3) is 4.00. The van der Waals surface area contributed by atoms with Gasteiger partial charge in [0.25, 0.3) is 10.1 Å². The molecule has 0 bridgehead atoms. The van der Waals surface area contributed by atoms with Gasteiger partial charge >= 0.3 is 0 Å². The number of hydrogen-bond acceptors (Lipinski definition) is 3. The fourth-order valence-corrected chi connectivity index (χ4v) is 2.14. The van der Waals surface area contributed by atoms with Crippen LogP contribution in [0.25, 0.3) is 0 Å². The van der Waals surface area contributed by atoms with E-state index in [1.807, 2.05) is 0 Å². The van der Waals surface area contributed by atoms with E-state index >= 15 is 0 Å². The van der Waals surface area contributed by atoms with Gasteiger partial charge in [0.1, 0.15) is 5.75 Å². The smallest absolute Gasteiger partial charge is 0.269 e. The van der Waals surface area contributed by atoms with E-state index in [1.54, 1.807) is 25.1 Å². The standard InChI is InChI=1S/C10H13NO4S/c1-7-4-8(5-10(11)12)2-3-9(7)6-16(13,14)15/h2-4H,5-6H2,1H3,(H2,11,12)(H,13,14,15). The predicted molar refractivity (Wildman–Crippen MR) is 59.3 cm³/mol. The Hall–Kier alpha value is -1.40. The van der Waals surface area contributed by atoms with Crippen LogP contribution in [-0.4, -0.2) is 18.9 Å². The molecular weight excluding hydrogens is 230 g/mol. The van der Waals surface area contributed by atoms with Crippen molar-refractivity contribution in [2.75, 3.05) is 0 Å². The maximum Gasteiger partial charge on any atom is 0.269 e. The lowest BCUT2D eigenvalue weighted by Crippen LogP contribution is -2.14. The van der Waals surface area contributed by atoms with Gasteiger partial charge in [0.2, 0.25) is 5.91 Å². The predicted octanol–water partition coefficient (Wildman–Crippen LogP) is 0.411. The Bertz CT molecular complexity index is 508. The molecule has 0 saturated carbocycles. The van der Waals surface area contributed by atoms with Crippen molar-refractivity contribution in [3.63, 3.8) is 0 Å². The Morgan fingerprint density at radius 2 is 2.06 bits per heavy atom. The molecule has 88 valence electrons. The van der Waals surface area contributed by atoms with Gasteiger partial charge in [0.15, 0.2) is 0 Å². The summed E-state index contributed by atoms with van der Waals surface area (Å²) in [5.74, 6) is -0.864. The Balaban J connectivity index is 2.96. The second-order valence-corrected chi connectivity index (χ2v) is 5.08. The molecule has 0 atom stereocenters. The summed E-state index contributed by atoms with van der Waals surface area (Å²) in [7, 11) is -4.03. The molecule has 0 radical (unpaired) electrons. The summed E-state index contributed by atoms with van der Waals surface area (Å²) < 4.78 is 30.1. The van der Waals surface area contributed by atoms with Gasteiger partial charge in [-0.05, 0) is 23.6 Å². The Morgan fingerprint density at radius 3 is 2.50 bits per heavy atom. The summed E-state index contributed by atoms with van der Waals surface area (Å²) in [6.45, 7) is 1.71. The summed E-state index contributed by atoms with van der Waals surface area (Å²) in [5.41, 5.74) is 6.98. The molecule has 1 aromatic rings. The molecule has 0 spiro atoms. The summed E-state index contributed by atoms with van der Waals surface area (Å²) >= 11 is 0. The molecule has 3 N–H and O–H groups in total. The van der Waals surface area contributed by atoms with E-state index < -0.39 is 21.8 Å². The Labute approximate surface area is 94.0 Å². The van der Waals surface area contributed by atoms with Crippen LogP contribution < -0.4 is 5.73 Å². The fourth-order valence-electron chi connectivity index (χ4n) is 1.43. The van der Waals surface area contributed by atoms with Crippen LogP contribution in [0.15, 0.2) is 18.2 Å². The number of rotatable bonds is 4. The highest BCUT2D eigenvalue weighted by atomic mass is 32.2. The van der Waals surface area contributed by atoms with Gasteiger partial charge in [-0.15, -0.1) is 0 Å². The van der Waals surface area contributed by atoms with Crippen LogP contribution in [0.5, 0.6) is 0 Å². The number of nitrogens with two attached hydrogens (primary N) is 1. The highest BCUT2D eigenvalue weighted by Crippen LogP contribution is 2.14. The van der Waals surface area contributed by atoms with Crippen molar-refractivity contribution in [2.45, 2.75) is 19.1 Å². The molecule has 0 heterocycles. The van der Waals surface area contributed by atoms with E-state index in [-0.39, 0.29) is 6.42 Å². The molecule has 0 saturated heterocycles. The van der Waals surface area contributed by atoms with Crippen LogP contribution in [0.1, 0.15) is 16.7 Å². The van der Waals surface area contributed by atoms with Crippen LogP contribution in [-0.2, 0) is 27.1 Å². The molecule has 0 fully saturated rings. The van der Waals surface area contributed by atoms with Crippen molar-refractivity contribution in [2.24, 2.45) is 5.73 Å². The zero-order valence-corrected chi connectivity index (χ0v) is 9.62. The number of amides is 1. The Morgan fingerprint density at radius 1 is 1.44 bits per heavy atom. The number of primary amides is 1. The lowest BCUT2D eigenvalue weighted by molar-refractivity contribution is -0.117. The normalized spacial score (nSPS) is 11.4. The van der Waals surface area contributed by atoms with Crippen LogP contribution in [0.4, 0.5) is 0 Å². The van der Waals surface area contributed by atoms with Gasteiger partial charge in [0, 0.05) is 0 Å². The first kappa shape index (κ1) is 12.7.